The van der Waals surface area contributed by atoms with Crippen LogP contribution in [0.2, 0.25) is 0 Å². The Labute approximate surface area is 70.2 Å². The first-order valence-corrected chi connectivity index (χ1v) is 3.78. The Morgan fingerprint density at radius 1 is 1.33 bits per heavy atom. The van der Waals surface area contributed by atoms with Crippen LogP contribution in [0.15, 0.2) is 12.2 Å². The minimum atomic E-state index is -2.34. The van der Waals surface area contributed by atoms with Gasteiger partial charge in [0.05, 0.1) is 13.2 Å². The number of allylic oxidation sites excluding steroid dienone is 1. The van der Waals surface area contributed by atoms with Crippen molar-refractivity contribution in [2.45, 2.75) is 25.6 Å². The van der Waals surface area contributed by atoms with E-state index in [9.17, 15) is 8.78 Å². The minimum Gasteiger partial charge on any atom is -0.370 e. The molecule has 2 unspecified atom stereocenters. The number of halogens is 2. The first-order chi connectivity index (χ1) is 5.61. The second kappa shape index (κ2) is 3.96. The lowest BCUT2D eigenvalue weighted by molar-refractivity contribution is 0.190. The summed E-state index contributed by atoms with van der Waals surface area (Å²) in [6, 6.07) is 0. The smallest absolute Gasteiger partial charge is 0.259 e. The van der Waals surface area contributed by atoms with Crippen LogP contribution in [-0.2, 0) is 9.47 Å². The number of alkyl halides is 2. The molecule has 2 nitrogen and oxygen atoms in total. The van der Waals surface area contributed by atoms with Gasteiger partial charge in [-0.1, -0.05) is 6.58 Å². The zero-order valence-corrected chi connectivity index (χ0v) is 6.93. The molecule has 0 aromatic rings. The summed E-state index contributed by atoms with van der Waals surface area (Å²) in [5, 5.41) is 0. The lowest BCUT2D eigenvalue weighted by Gasteiger charge is -1.88. The fourth-order valence-electron chi connectivity index (χ4n) is 0.540. The maximum Gasteiger partial charge on any atom is 0.259 e. The molecular formula is C8H12F2O2. The van der Waals surface area contributed by atoms with Crippen molar-refractivity contribution in [2.24, 2.45) is 0 Å². The molecule has 2 atom stereocenters. The van der Waals surface area contributed by atoms with Gasteiger partial charge in [-0.2, -0.15) is 0 Å². The van der Waals surface area contributed by atoms with E-state index in [2.05, 4.69) is 6.58 Å². The van der Waals surface area contributed by atoms with Gasteiger partial charge in [-0.25, -0.2) is 8.78 Å². The van der Waals surface area contributed by atoms with Crippen LogP contribution in [0.4, 0.5) is 8.78 Å². The topological polar surface area (TPSA) is 25.1 Å². The van der Waals surface area contributed by atoms with Gasteiger partial charge in [-0.15, -0.1) is 0 Å². The number of ether oxygens (including phenoxy) is 2. The Morgan fingerprint density at radius 2 is 1.58 bits per heavy atom. The van der Waals surface area contributed by atoms with Crippen molar-refractivity contribution in [2.75, 3.05) is 13.2 Å². The zero-order valence-electron chi connectivity index (χ0n) is 6.93. The highest BCUT2D eigenvalue weighted by molar-refractivity contribution is 4.90. The van der Waals surface area contributed by atoms with Crippen LogP contribution < -0.4 is 0 Å². The first-order valence-electron chi connectivity index (χ1n) is 3.78. The molecule has 2 heterocycles. The van der Waals surface area contributed by atoms with Crippen LogP contribution in [0.1, 0.15) is 6.92 Å². The van der Waals surface area contributed by atoms with Crippen molar-refractivity contribution in [1.29, 1.82) is 0 Å². The molecule has 2 fully saturated rings. The van der Waals surface area contributed by atoms with E-state index < -0.39 is 6.43 Å². The van der Waals surface area contributed by atoms with Crippen molar-refractivity contribution in [3.05, 3.63) is 12.2 Å². The van der Waals surface area contributed by atoms with E-state index in [1.165, 1.54) is 6.92 Å². The van der Waals surface area contributed by atoms with Crippen LogP contribution in [0.5, 0.6) is 0 Å². The average Bonchev–Trinajstić information content (AvgIpc) is 2.83. The molecule has 0 bridgehead atoms. The van der Waals surface area contributed by atoms with Crippen LogP contribution in [0.25, 0.3) is 0 Å². The highest BCUT2D eigenvalue weighted by Gasteiger charge is 2.41. The van der Waals surface area contributed by atoms with Gasteiger partial charge >= 0.3 is 0 Å². The lowest BCUT2D eigenvalue weighted by atomic mass is 10.4. The second-order valence-electron chi connectivity index (χ2n) is 2.89. The lowest BCUT2D eigenvalue weighted by Crippen LogP contribution is -1.92. The molecule has 2 saturated heterocycles. The molecule has 2 aliphatic rings. The predicted octanol–water partition coefficient (Wildman–Crippen LogP) is 1.61. The van der Waals surface area contributed by atoms with Gasteiger partial charge in [-0.05, 0) is 12.5 Å². The van der Waals surface area contributed by atoms with Crippen LogP contribution in [0.3, 0.4) is 0 Å². The van der Waals surface area contributed by atoms with E-state index in [0.29, 0.717) is 12.2 Å². The molecule has 0 radical (unpaired) electrons. The molecule has 0 saturated carbocycles. The van der Waals surface area contributed by atoms with Crippen molar-refractivity contribution in [3.8, 4) is 0 Å². The highest BCUT2D eigenvalue weighted by atomic mass is 19.3. The third kappa shape index (κ3) is 3.78. The fourth-order valence-corrected chi connectivity index (χ4v) is 0.540. The monoisotopic (exact) mass is 178 g/mol. The Hall–Kier alpha value is -0.480. The van der Waals surface area contributed by atoms with E-state index in [1.54, 1.807) is 0 Å². The van der Waals surface area contributed by atoms with Crippen molar-refractivity contribution >= 4 is 0 Å². The van der Waals surface area contributed by atoms with Gasteiger partial charge in [0.1, 0.15) is 12.2 Å². The van der Waals surface area contributed by atoms with Crippen molar-refractivity contribution in [1.82, 2.24) is 0 Å². The molecular weight excluding hydrogens is 166 g/mol. The van der Waals surface area contributed by atoms with Crippen LogP contribution >= 0.6 is 0 Å². The number of epoxide rings is 2. The molecule has 2 rings (SSSR count). The van der Waals surface area contributed by atoms with Crippen molar-refractivity contribution in [3.63, 3.8) is 0 Å². The van der Waals surface area contributed by atoms with Gasteiger partial charge in [0.2, 0.25) is 0 Å². The van der Waals surface area contributed by atoms with Gasteiger partial charge in [0.15, 0.2) is 0 Å². The SMILES string of the molecule is C1OC1C1CO1.C=C(C)C(F)F. The second-order valence-corrected chi connectivity index (χ2v) is 2.89. The summed E-state index contributed by atoms with van der Waals surface area (Å²) in [6.45, 7) is 6.17. The van der Waals surface area contributed by atoms with E-state index in [4.69, 9.17) is 9.47 Å². The molecule has 12 heavy (non-hydrogen) atoms. The molecule has 0 N–H and O–H groups in total. The number of hydrogen-bond acceptors (Lipinski definition) is 2. The van der Waals surface area contributed by atoms with Crippen LogP contribution in [0, 0.1) is 0 Å². The van der Waals surface area contributed by atoms with E-state index in [1.807, 2.05) is 0 Å². The Bertz CT molecular complexity index is 152. The Morgan fingerprint density at radius 3 is 1.67 bits per heavy atom. The summed E-state index contributed by atoms with van der Waals surface area (Å²) in [5.41, 5.74) is -0.0741. The van der Waals surface area contributed by atoms with Gasteiger partial charge in [-0.3, -0.25) is 0 Å². The number of hydrogen-bond donors (Lipinski definition) is 0. The first kappa shape index (κ1) is 9.61. The van der Waals surface area contributed by atoms with Crippen molar-refractivity contribution < 1.29 is 18.3 Å². The zero-order chi connectivity index (χ0) is 9.14. The summed E-state index contributed by atoms with van der Waals surface area (Å²) in [7, 11) is 0. The Balaban J connectivity index is 0.000000120. The average molecular weight is 178 g/mol. The normalized spacial score (nSPS) is 30.7. The minimum absolute atomic E-state index is 0.0741. The summed E-state index contributed by atoms with van der Waals surface area (Å²) < 4.78 is 31.9. The third-order valence-electron chi connectivity index (χ3n) is 1.51. The molecule has 0 aliphatic carbocycles. The standard InChI is InChI=1S/C4H6F2.C4H6O2/c1-3(2)4(5)6;1-3(5-1)4-2-6-4/h4H,1H2,2H3;3-4H,1-2H2. The predicted molar refractivity (Wildman–Crippen MR) is 40.3 cm³/mol. The van der Waals surface area contributed by atoms with Gasteiger partial charge < -0.3 is 9.47 Å². The van der Waals surface area contributed by atoms with Gasteiger partial charge in [0.25, 0.3) is 6.43 Å². The summed E-state index contributed by atoms with van der Waals surface area (Å²) >= 11 is 0. The van der Waals surface area contributed by atoms with E-state index >= 15 is 0 Å². The maximum atomic E-state index is 11.1. The quantitative estimate of drug-likeness (QED) is 0.474. The molecule has 0 spiro atoms. The van der Waals surface area contributed by atoms with E-state index in [0.717, 1.165) is 13.2 Å². The molecule has 0 amide bonds. The highest BCUT2D eigenvalue weighted by Crippen LogP contribution is 2.25. The van der Waals surface area contributed by atoms with E-state index in [-0.39, 0.29) is 5.57 Å². The molecule has 2 aliphatic heterocycles. The van der Waals surface area contributed by atoms with Crippen LogP contribution in [-0.4, -0.2) is 31.8 Å². The summed E-state index contributed by atoms with van der Waals surface area (Å²) in [6.07, 6.45) is -1.36. The summed E-state index contributed by atoms with van der Waals surface area (Å²) in [4.78, 5) is 0. The maximum absolute atomic E-state index is 11.1. The number of rotatable bonds is 2. The molecule has 70 valence electrons. The third-order valence-corrected chi connectivity index (χ3v) is 1.51. The largest absolute Gasteiger partial charge is 0.370 e. The molecule has 0 aromatic carbocycles. The molecule has 0 aromatic heterocycles. The summed E-state index contributed by atoms with van der Waals surface area (Å²) in [5.74, 6) is 0. The molecule has 4 heteroatoms. The Kier molecular flexibility index (Phi) is 3.17. The fraction of sp³-hybridized carbons (Fsp3) is 0.750. The van der Waals surface area contributed by atoms with Gasteiger partial charge in [0, 0.05) is 0 Å².